The van der Waals surface area contributed by atoms with E-state index in [0.717, 1.165) is 12.1 Å². The molecule has 0 unspecified atom stereocenters. The fourth-order valence-electron chi connectivity index (χ4n) is 2.82. The molecule has 0 spiro atoms. The maximum absolute atomic E-state index is 13.8. The van der Waals surface area contributed by atoms with E-state index >= 15 is 0 Å². The highest BCUT2D eigenvalue weighted by molar-refractivity contribution is 9.10. The van der Waals surface area contributed by atoms with Crippen LogP contribution in [0.25, 0.3) is 5.69 Å². The molecule has 3 aromatic rings. The number of carbonyl (C=O) groups excluding carboxylic acids is 1. The molecule has 0 aliphatic carbocycles. The molecular formula is C21H20BrClF2N4O3. The molecule has 0 fully saturated rings. The zero-order chi connectivity index (χ0) is 22.5. The Morgan fingerprint density at radius 3 is 2.53 bits per heavy atom. The molecule has 0 radical (unpaired) electrons. The Balaban J connectivity index is 0.00000363. The van der Waals surface area contributed by atoms with Gasteiger partial charge in [-0.1, -0.05) is 0 Å². The monoisotopic (exact) mass is 528 g/mol. The van der Waals surface area contributed by atoms with Gasteiger partial charge in [0, 0.05) is 30.3 Å². The lowest BCUT2D eigenvalue weighted by atomic mass is 10.2. The first kappa shape index (κ1) is 25.4. The second-order valence-corrected chi connectivity index (χ2v) is 7.33. The minimum absolute atomic E-state index is 0. The van der Waals surface area contributed by atoms with Gasteiger partial charge < -0.3 is 15.8 Å². The van der Waals surface area contributed by atoms with Crippen molar-refractivity contribution in [1.82, 2.24) is 14.9 Å². The van der Waals surface area contributed by atoms with Crippen LogP contribution in [0.2, 0.25) is 0 Å². The van der Waals surface area contributed by atoms with Gasteiger partial charge in [-0.15, -0.1) is 12.4 Å². The summed E-state index contributed by atoms with van der Waals surface area (Å²) in [5, 5.41) is 2.67. The minimum Gasteiger partial charge on any atom is -0.472 e. The summed E-state index contributed by atoms with van der Waals surface area (Å²) in [6.07, 6.45) is 0. The van der Waals surface area contributed by atoms with Crippen molar-refractivity contribution >= 4 is 34.2 Å². The van der Waals surface area contributed by atoms with Gasteiger partial charge in [-0.05, 0) is 59.3 Å². The summed E-state index contributed by atoms with van der Waals surface area (Å²) in [6.45, 7) is 2.08. The lowest BCUT2D eigenvalue weighted by molar-refractivity contribution is 0.0954. The molecule has 0 bridgehead atoms. The van der Waals surface area contributed by atoms with Crippen LogP contribution in [0.3, 0.4) is 0 Å². The van der Waals surface area contributed by atoms with Crippen LogP contribution in [0.4, 0.5) is 8.78 Å². The van der Waals surface area contributed by atoms with Gasteiger partial charge in [0.25, 0.3) is 11.5 Å². The van der Waals surface area contributed by atoms with Crippen LogP contribution in [0, 0.1) is 18.6 Å². The molecule has 3 rings (SSSR count). The molecule has 0 saturated heterocycles. The minimum atomic E-state index is -0.753. The third-order valence-electron chi connectivity index (χ3n) is 4.36. The highest BCUT2D eigenvalue weighted by Crippen LogP contribution is 2.22. The van der Waals surface area contributed by atoms with Gasteiger partial charge in [-0.2, -0.15) is 4.98 Å². The lowest BCUT2D eigenvalue weighted by Gasteiger charge is -2.14. The molecule has 11 heteroatoms. The van der Waals surface area contributed by atoms with Crippen molar-refractivity contribution in [3.05, 3.63) is 85.9 Å². The molecule has 0 saturated carbocycles. The zero-order valence-electron chi connectivity index (χ0n) is 16.9. The van der Waals surface area contributed by atoms with E-state index in [1.165, 1.54) is 10.6 Å². The average Bonchev–Trinajstić information content (AvgIpc) is 2.75. The van der Waals surface area contributed by atoms with Gasteiger partial charge in [0.05, 0.1) is 5.69 Å². The van der Waals surface area contributed by atoms with E-state index in [1.54, 1.807) is 31.2 Å². The van der Waals surface area contributed by atoms with Crippen molar-refractivity contribution in [3.8, 4) is 11.6 Å². The normalized spacial score (nSPS) is 10.4. The van der Waals surface area contributed by atoms with E-state index < -0.39 is 17.2 Å². The van der Waals surface area contributed by atoms with Gasteiger partial charge in [0.15, 0.2) is 0 Å². The Kier molecular flexibility index (Phi) is 8.88. The van der Waals surface area contributed by atoms with E-state index in [4.69, 9.17) is 10.5 Å². The van der Waals surface area contributed by atoms with Crippen LogP contribution in [-0.4, -0.2) is 28.5 Å². The quantitative estimate of drug-likeness (QED) is 0.489. The molecule has 32 heavy (non-hydrogen) atoms. The molecule has 2 aromatic carbocycles. The molecule has 7 nitrogen and oxygen atoms in total. The molecule has 170 valence electrons. The van der Waals surface area contributed by atoms with Crippen molar-refractivity contribution in [3.63, 3.8) is 0 Å². The number of aryl methyl sites for hydroxylation is 1. The van der Waals surface area contributed by atoms with Crippen LogP contribution in [0.15, 0.2) is 51.7 Å². The van der Waals surface area contributed by atoms with Crippen LogP contribution in [0.5, 0.6) is 5.88 Å². The van der Waals surface area contributed by atoms with Crippen LogP contribution >= 0.6 is 28.3 Å². The largest absolute Gasteiger partial charge is 0.472 e. The van der Waals surface area contributed by atoms with E-state index in [-0.39, 0.29) is 40.8 Å². The van der Waals surface area contributed by atoms with E-state index in [2.05, 4.69) is 26.2 Å². The number of hydrogen-bond donors (Lipinski definition) is 2. The Morgan fingerprint density at radius 2 is 1.91 bits per heavy atom. The lowest BCUT2D eigenvalue weighted by Crippen LogP contribution is -2.29. The summed E-state index contributed by atoms with van der Waals surface area (Å²) >= 11 is 3.18. The standard InChI is InChI=1S/C21H19BrF2N4O3.ClH/c1-12-27-20(31-11-14-2-5-15(23)10-17(14)24)18(22)21(30)28(12)16-6-3-13(4-7-16)19(29)26-9-8-25;/h2-7,10H,8-9,11,25H2,1H3,(H,26,29);1H. The Hall–Kier alpha value is -2.82. The number of nitrogens with two attached hydrogens (primary N) is 1. The number of benzene rings is 2. The smallest absolute Gasteiger partial charge is 0.276 e. The summed E-state index contributed by atoms with van der Waals surface area (Å²) < 4.78 is 33.7. The highest BCUT2D eigenvalue weighted by atomic mass is 79.9. The van der Waals surface area contributed by atoms with Crippen molar-refractivity contribution in [2.75, 3.05) is 13.1 Å². The molecule has 3 N–H and O–H groups in total. The Bertz CT molecular complexity index is 1170. The number of nitrogens with one attached hydrogen (secondary N) is 1. The number of amides is 1. The van der Waals surface area contributed by atoms with Crippen LogP contribution < -0.4 is 21.3 Å². The molecule has 1 amide bonds. The molecule has 0 atom stereocenters. The molecular weight excluding hydrogens is 510 g/mol. The zero-order valence-corrected chi connectivity index (χ0v) is 19.3. The summed E-state index contributed by atoms with van der Waals surface area (Å²) in [5.74, 6) is -1.40. The fourth-order valence-corrected chi connectivity index (χ4v) is 3.20. The van der Waals surface area contributed by atoms with E-state index in [1.807, 2.05) is 0 Å². The second kappa shape index (κ2) is 11.2. The number of halogens is 4. The third kappa shape index (κ3) is 5.70. The van der Waals surface area contributed by atoms with Gasteiger partial charge in [0.2, 0.25) is 5.88 Å². The van der Waals surface area contributed by atoms with Gasteiger partial charge in [0.1, 0.15) is 28.5 Å². The first-order valence-electron chi connectivity index (χ1n) is 9.26. The van der Waals surface area contributed by atoms with Gasteiger partial charge in [-0.3, -0.25) is 14.2 Å². The molecule has 1 heterocycles. The first-order chi connectivity index (χ1) is 14.8. The molecule has 0 aliphatic rings. The van der Waals surface area contributed by atoms with Crippen LogP contribution in [-0.2, 0) is 6.61 Å². The number of rotatable bonds is 7. The summed E-state index contributed by atoms with van der Waals surface area (Å²) in [6, 6.07) is 9.55. The second-order valence-electron chi connectivity index (χ2n) is 6.53. The average molecular weight is 530 g/mol. The fraction of sp³-hybridized carbons (Fsp3) is 0.190. The number of aromatic nitrogens is 2. The Morgan fingerprint density at radius 1 is 1.22 bits per heavy atom. The molecule has 0 aliphatic heterocycles. The first-order valence-corrected chi connectivity index (χ1v) is 10.1. The number of nitrogens with zero attached hydrogens (tertiary/aromatic N) is 2. The van der Waals surface area contributed by atoms with Gasteiger partial charge >= 0.3 is 0 Å². The Labute approximate surface area is 197 Å². The van der Waals surface area contributed by atoms with Crippen molar-refractivity contribution < 1.29 is 18.3 Å². The van der Waals surface area contributed by atoms with Crippen LogP contribution in [0.1, 0.15) is 21.7 Å². The van der Waals surface area contributed by atoms with Crippen molar-refractivity contribution in [2.24, 2.45) is 5.73 Å². The predicted molar refractivity (Wildman–Crippen MR) is 122 cm³/mol. The summed E-state index contributed by atoms with van der Waals surface area (Å²) in [4.78, 5) is 29.1. The molecule has 1 aromatic heterocycles. The number of ether oxygens (including phenoxy) is 1. The van der Waals surface area contributed by atoms with E-state index in [9.17, 15) is 18.4 Å². The SMILES string of the molecule is Cc1nc(OCc2ccc(F)cc2F)c(Br)c(=O)n1-c1ccc(C(=O)NCCN)cc1.Cl. The number of carbonyl (C=O) groups is 1. The third-order valence-corrected chi connectivity index (χ3v) is 5.04. The summed E-state index contributed by atoms with van der Waals surface area (Å²) in [7, 11) is 0. The van der Waals surface area contributed by atoms with Crippen molar-refractivity contribution in [2.45, 2.75) is 13.5 Å². The maximum atomic E-state index is 13.8. The van der Waals surface area contributed by atoms with Gasteiger partial charge in [-0.25, -0.2) is 8.78 Å². The van der Waals surface area contributed by atoms with E-state index in [0.29, 0.717) is 30.2 Å². The van der Waals surface area contributed by atoms with Crippen molar-refractivity contribution in [1.29, 1.82) is 0 Å². The topological polar surface area (TPSA) is 99.2 Å². The maximum Gasteiger partial charge on any atom is 0.276 e. The highest BCUT2D eigenvalue weighted by Gasteiger charge is 2.16. The predicted octanol–water partition coefficient (Wildman–Crippen LogP) is 3.27. The number of hydrogen-bond acceptors (Lipinski definition) is 5. The summed E-state index contributed by atoms with van der Waals surface area (Å²) in [5.41, 5.74) is 5.99.